The number of pyridine rings is 1. The van der Waals surface area contributed by atoms with E-state index in [0.717, 1.165) is 11.5 Å². The molecule has 0 aliphatic heterocycles. The topological polar surface area (TPSA) is 47.8 Å². The van der Waals surface area contributed by atoms with Crippen molar-refractivity contribution in [3.63, 3.8) is 0 Å². The maximum absolute atomic E-state index is 12.2. The minimum Gasteiger partial charge on any atom is -0.294 e. The Hall–Kier alpha value is -1.49. The van der Waals surface area contributed by atoms with Gasteiger partial charge in [-0.05, 0) is 17.5 Å². The van der Waals surface area contributed by atoms with Gasteiger partial charge in [0.15, 0.2) is 11.6 Å². The first-order valence-electron chi connectivity index (χ1n) is 6.17. The fourth-order valence-corrected chi connectivity index (χ4v) is 3.05. The SMILES string of the molecule is CC1(C)CC(=O)c2cnn(-c3ccccn3)c2C1Br. The van der Waals surface area contributed by atoms with Crippen molar-refractivity contribution in [2.45, 2.75) is 25.1 Å². The number of hydrogen-bond acceptors (Lipinski definition) is 3. The lowest BCUT2D eigenvalue weighted by Gasteiger charge is -2.34. The standard InChI is InChI=1S/C14H14BrN3O/c1-14(2)7-10(19)9-8-17-18(12(9)13(14)15)11-5-3-4-6-16-11/h3-6,8,13H,7H2,1-2H3. The molecule has 0 saturated carbocycles. The molecule has 1 atom stereocenters. The van der Waals surface area contributed by atoms with Crippen molar-refractivity contribution < 1.29 is 4.79 Å². The summed E-state index contributed by atoms with van der Waals surface area (Å²) in [5, 5.41) is 4.34. The van der Waals surface area contributed by atoms with Gasteiger partial charge in [-0.25, -0.2) is 9.67 Å². The summed E-state index contributed by atoms with van der Waals surface area (Å²) in [5.41, 5.74) is 1.48. The molecule has 2 aromatic heterocycles. The van der Waals surface area contributed by atoms with Gasteiger partial charge < -0.3 is 0 Å². The normalized spacial score (nSPS) is 21.2. The molecule has 2 heterocycles. The Kier molecular flexibility index (Phi) is 2.82. The third-order valence-corrected chi connectivity index (χ3v) is 5.19. The van der Waals surface area contributed by atoms with E-state index in [1.54, 1.807) is 17.1 Å². The molecule has 19 heavy (non-hydrogen) atoms. The van der Waals surface area contributed by atoms with Crippen molar-refractivity contribution >= 4 is 21.7 Å². The molecule has 98 valence electrons. The van der Waals surface area contributed by atoms with E-state index in [1.807, 2.05) is 18.2 Å². The molecule has 0 aromatic carbocycles. The fraction of sp³-hybridized carbons (Fsp3) is 0.357. The smallest absolute Gasteiger partial charge is 0.166 e. The Morgan fingerprint density at radius 3 is 2.89 bits per heavy atom. The van der Waals surface area contributed by atoms with Crippen molar-refractivity contribution in [2.24, 2.45) is 5.41 Å². The Balaban J connectivity index is 2.20. The van der Waals surface area contributed by atoms with Crippen LogP contribution in [0.1, 0.15) is 41.1 Å². The van der Waals surface area contributed by atoms with Gasteiger partial charge in [-0.2, -0.15) is 5.10 Å². The van der Waals surface area contributed by atoms with Gasteiger partial charge in [0.25, 0.3) is 0 Å². The Labute approximate surface area is 120 Å². The molecule has 1 aliphatic carbocycles. The zero-order valence-corrected chi connectivity index (χ0v) is 12.4. The number of alkyl halides is 1. The van der Waals surface area contributed by atoms with Gasteiger partial charge in [0.2, 0.25) is 0 Å². The molecule has 0 bridgehead atoms. The molecule has 5 heteroatoms. The van der Waals surface area contributed by atoms with Crippen LogP contribution in [0.2, 0.25) is 0 Å². The summed E-state index contributed by atoms with van der Waals surface area (Å²) < 4.78 is 1.76. The monoisotopic (exact) mass is 319 g/mol. The van der Waals surface area contributed by atoms with E-state index in [0.29, 0.717) is 12.0 Å². The molecule has 0 saturated heterocycles. The van der Waals surface area contributed by atoms with Crippen LogP contribution in [0.15, 0.2) is 30.6 Å². The summed E-state index contributed by atoms with van der Waals surface area (Å²) in [6.07, 6.45) is 3.90. The highest BCUT2D eigenvalue weighted by Gasteiger charge is 2.41. The second-order valence-electron chi connectivity index (χ2n) is 5.49. The molecule has 1 aliphatic rings. The molecule has 0 spiro atoms. The van der Waals surface area contributed by atoms with E-state index in [-0.39, 0.29) is 16.0 Å². The number of fused-ring (bicyclic) bond motifs is 1. The largest absolute Gasteiger partial charge is 0.294 e. The maximum Gasteiger partial charge on any atom is 0.166 e. The summed E-state index contributed by atoms with van der Waals surface area (Å²) in [4.78, 5) is 16.6. The Bertz CT molecular complexity index is 633. The van der Waals surface area contributed by atoms with Crippen molar-refractivity contribution in [1.82, 2.24) is 14.8 Å². The van der Waals surface area contributed by atoms with Crippen LogP contribution in [0.25, 0.3) is 5.82 Å². The molecule has 4 nitrogen and oxygen atoms in total. The van der Waals surface area contributed by atoms with Crippen LogP contribution in [0.5, 0.6) is 0 Å². The van der Waals surface area contributed by atoms with E-state index in [9.17, 15) is 4.79 Å². The van der Waals surface area contributed by atoms with Crippen LogP contribution < -0.4 is 0 Å². The lowest BCUT2D eigenvalue weighted by Crippen LogP contribution is -2.30. The lowest BCUT2D eigenvalue weighted by molar-refractivity contribution is 0.0910. The van der Waals surface area contributed by atoms with Gasteiger partial charge in [0.05, 0.1) is 22.3 Å². The van der Waals surface area contributed by atoms with Gasteiger partial charge in [-0.1, -0.05) is 35.8 Å². The lowest BCUT2D eigenvalue weighted by atomic mass is 9.76. The van der Waals surface area contributed by atoms with E-state index < -0.39 is 0 Å². The maximum atomic E-state index is 12.2. The summed E-state index contributed by atoms with van der Waals surface area (Å²) in [7, 11) is 0. The summed E-state index contributed by atoms with van der Waals surface area (Å²) >= 11 is 3.72. The highest BCUT2D eigenvalue weighted by molar-refractivity contribution is 9.09. The molecule has 2 aromatic rings. The quantitative estimate of drug-likeness (QED) is 0.757. The molecule has 3 rings (SSSR count). The molecule has 1 unspecified atom stereocenters. The average molecular weight is 320 g/mol. The third kappa shape index (κ3) is 1.92. The summed E-state index contributed by atoms with van der Waals surface area (Å²) in [5.74, 6) is 0.886. The number of carbonyl (C=O) groups is 1. The van der Waals surface area contributed by atoms with Crippen LogP contribution >= 0.6 is 15.9 Å². The highest BCUT2D eigenvalue weighted by Crippen LogP contribution is 2.48. The van der Waals surface area contributed by atoms with Crippen LogP contribution in [0.3, 0.4) is 0 Å². The van der Waals surface area contributed by atoms with Gasteiger partial charge >= 0.3 is 0 Å². The predicted molar refractivity (Wildman–Crippen MR) is 75.8 cm³/mol. The number of carbonyl (C=O) groups excluding carboxylic acids is 1. The first-order valence-corrected chi connectivity index (χ1v) is 7.09. The number of nitrogens with zero attached hydrogens (tertiary/aromatic N) is 3. The molecule has 0 N–H and O–H groups in total. The third-order valence-electron chi connectivity index (χ3n) is 3.52. The minimum absolute atomic E-state index is 0.0807. The second kappa shape index (κ2) is 4.27. The minimum atomic E-state index is -0.128. The van der Waals surface area contributed by atoms with Gasteiger partial charge in [-0.15, -0.1) is 0 Å². The Morgan fingerprint density at radius 1 is 1.42 bits per heavy atom. The van der Waals surface area contributed by atoms with Gasteiger partial charge in [-0.3, -0.25) is 4.79 Å². The van der Waals surface area contributed by atoms with E-state index in [4.69, 9.17) is 0 Å². The van der Waals surface area contributed by atoms with Gasteiger partial charge in [0.1, 0.15) is 0 Å². The van der Waals surface area contributed by atoms with Crippen molar-refractivity contribution in [1.29, 1.82) is 0 Å². The number of halogens is 1. The number of rotatable bonds is 1. The number of aromatic nitrogens is 3. The average Bonchev–Trinajstić information content (AvgIpc) is 2.82. The zero-order chi connectivity index (χ0) is 13.6. The fourth-order valence-electron chi connectivity index (χ4n) is 2.45. The number of ketones is 1. The van der Waals surface area contributed by atoms with Crippen LogP contribution in [0, 0.1) is 5.41 Å². The Morgan fingerprint density at radius 2 is 2.21 bits per heavy atom. The molecule has 0 radical (unpaired) electrons. The number of Topliss-reactive ketones (excluding diaryl/α,β-unsaturated/α-hetero) is 1. The van der Waals surface area contributed by atoms with Crippen molar-refractivity contribution in [2.75, 3.05) is 0 Å². The van der Waals surface area contributed by atoms with E-state index in [1.165, 1.54) is 0 Å². The van der Waals surface area contributed by atoms with Gasteiger partial charge in [0, 0.05) is 12.6 Å². The second-order valence-corrected chi connectivity index (χ2v) is 6.41. The molecular formula is C14H14BrN3O. The molecule has 0 fully saturated rings. The van der Waals surface area contributed by atoms with Crippen LogP contribution in [0.4, 0.5) is 0 Å². The van der Waals surface area contributed by atoms with Crippen LogP contribution in [-0.2, 0) is 0 Å². The predicted octanol–water partition coefficient (Wildman–Crippen LogP) is 3.32. The van der Waals surface area contributed by atoms with E-state index in [2.05, 4.69) is 39.9 Å². The highest BCUT2D eigenvalue weighted by atomic mass is 79.9. The molecular weight excluding hydrogens is 306 g/mol. The zero-order valence-electron chi connectivity index (χ0n) is 10.8. The number of hydrogen-bond donors (Lipinski definition) is 0. The molecule has 0 amide bonds. The summed E-state index contributed by atoms with van der Waals surface area (Å²) in [6.45, 7) is 4.17. The van der Waals surface area contributed by atoms with Crippen molar-refractivity contribution in [3.8, 4) is 5.82 Å². The van der Waals surface area contributed by atoms with Crippen molar-refractivity contribution in [3.05, 3.63) is 41.9 Å². The summed E-state index contributed by atoms with van der Waals surface area (Å²) in [6, 6.07) is 5.66. The first kappa shape index (κ1) is 12.5. The van der Waals surface area contributed by atoms with E-state index >= 15 is 0 Å². The van der Waals surface area contributed by atoms with Crippen LogP contribution in [-0.4, -0.2) is 20.5 Å². The first-order chi connectivity index (χ1) is 9.00.